The third kappa shape index (κ3) is 5.20. The van der Waals surface area contributed by atoms with Crippen molar-refractivity contribution in [3.05, 3.63) is 161 Å². The number of para-hydroxylation sites is 2. The Morgan fingerprint density at radius 1 is 0.392 bits per heavy atom. The van der Waals surface area contributed by atoms with E-state index in [2.05, 4.69) is 5.73 Å². The van der Waals surface area contributed by atoms with Crippen LogP contribution in [0.4, 0.5) is 0 Å². The summed E-state index contributed by atoms with van der Waals surface area (Å²) >= 11 is 0. The standard InChI is InChI=1S/C41H28O8S2/c1-46-30-17-9-21-34-38(30)28(40-32(48-26-13-5-3-6-14-26)19-11-23-36(40)50(34,42)43)25-29-39-31(47-2)18-10-22-35(39)51(44,45)37-24-12-20-33(41(29)37)49-27-15-7-4-8-16-27/h3-24H,1-2H3. The van der Waals surface area contributed by atoms with Crippen LogP contribution in [0.3, 0.4) is 0 Å². The summed E-state index contributed by atoms with van der Waals surface area (Å²) in [6.45, 7) is 0. The second-order valence-corrected chi connectivity index (χ2v) is 15.4. The molecule has 6 aromatic carbocycles. The summed E-state index contributed by atoms with van der Waals surface area (Å²) in [6, 6.07) is 37.3. The fourth-order valence-corrected chi connectivity index (χ4v) is 9.92. The zero-order chi connectivity index (χ0) is 35.3. The Morgan fingerprint density at radius 2 is 0.706 bits per heavy atom. The molecule has 0 saturated heterocycles. The van der Waals surface area contributed by atoms with Crippen molar-refractivity contribution in [1.82, 2.24) is 0 Å². The molecule has 2 aliphatic rings. The van der Waals surface area contributed by atoms with Gasteiger partial charge in [-0.3, -0.25) is 0 Å². The molecule has 0 spiro atoms. The van der Waals surface area contributed by atoms with E-state index in [1.165, 1.54) is 38.5 Å². The highest BCUT2D eigenvalue weighted by Crippen LogP contribution is 2.53. The van der Waals surface area contributed by atoms with E-state index in [1.54, 1.807) is 72.8 Å². The van der Waals surface area contributed by atoms with Gasteiger partial charge in [-0.1, -0.05) is 60.7 Å². The zero-order valence-electron chi connectivity index (χ0n) is 27.3. The molecular weight excluding hydrogens is 685 g/mol. The van der Waals surface area contributed by atoms with Gasteiger partial charge in [0.1, 0.15) is 34.5 Å². The molecule has 51 heavy (non-hydrogen) atoms. The molecule has 8 nitrogen and oxygen atoms in total. The van der Waals surface area contributed by atoms with E-state index in [9.17, 15) is 16.8 Å². The molecule has 0 radical (unpaired) electrons. The van der Waals surface area contributed by atoms with E-state index >= 15 is 0 Å². The molecule has 6 aromatic rings. The van der Waals surface area contributed by atoms with Crippen LogP contribution in [0.1, 0.15) is 22.3 Å². The quantitative estimate of drug-likeness (QED) is 0.158. The van der Waals surface area contributed by atoms with Gasteiger partial charge in [-0.15, -0.1) is 5.73 Å². The summed E-state index contributed by atoms with van der Waals surface area (Å²) in [5, 5.41) is 0. The maximum Gasteiger partial charge on any atom is 0.208 e. The van der Waals surface area contributed by atoms with Gasteiger partial charge in [0.25, 0.3) is 0 Å². The molecule has 0 unspecified atom stereocenters. The van der Waals surface area contributed by atoms with Gasteiger partial charge in [0.05, 0.1) is 56.1 Å². The first kappa shape index (κ1) is 32.2. The molecule has 0 aliphatic carbocycles. The van der Waals surface area contributed by atoms with Crippen LogP contribution >= 0.6 is 0 Å². The van der Waals surface area contributed by atoms with Crippen molar-refractivity contribution in [2.45, 2.75) is 19.6 Å². The van der Waals surface area contributed by atoms with E-state index < -0.39 is 19.7 Å². The number of hydrogen-bond acceptors (Lipinski definition) is 8. The lowest BCUT2D eigenvalue weighted by atomic mass is 9.91. The smallest absolute Gasteiger partial charge is 0.208 e. The molecule has 2 heterocycles. The minimum absolute atomic E-state index is 0.00231. The maximum atomic E-state index is 14.4. The van der Waals surface area contributed by atoms with Crippen molar-refractivity contribution < 1.29 is 35.8 Å². The zero-order valence-corrected chi connectivity index (χ0v) is 28.9. The lowest BCUT2D eigenvalue weighted by Crippen LogP contribution is -2.17. The Kier molecular flexibility index (Phi) is 7.80. The summed E-state index contributed by atoms with van der Waals surface area (Å²) < 4.78 is 81.8. The lowest BCUT2D eigenvalue weighted by molar-refractivity contribution is 0.411. The van der Waals surface area contributed by atoms with Crippen molar-refractivity contribution in [1.29, 1.82) is 0 Å². The van der Waals surface area contributed by atoms with Gasteiger partial charge < -0.3 is 18.9 Å². The molecule has 2 aliphatic heterocycles. The SMILES string of the molecule is COc1cccc2c1C(=C=C1c3c(OC)cccc3S(=O)(=O)c3cccc(Oc4ccccc4)c31)c1c(Oc3ccccc3)cccc1S2(=O)=O. The summed E-state index contributed by atoms with van der Waals surface area (Å²) in [4.78, 5) is 0.00842. The Hall–Kier alpha value is -6.06. The third-order valence-electron chi connectivity index (χ3n) is 8.74. The topological polar surface area (TPSA) is 105 Å². The monoisotopic (exact) mass is 712 g/mol. The van der Waals surface area contributed by atoms with Crippen LogP contribution in [0.2, 0.25) is 0 Å². The largest absolute Gasteiger partial charge is 0.496 e. The van der Waals surface area contributed by atoms with Crippen LogP contribution in [0, 0.1) is 0 Å². The Morgan fingerprint density at radius 3 is 1.04 bits per heavy atom. The van der Waals surface area contributed by atoms with Crippen LogP contribution in [-0.2, 0) is 19.7 Å². The summed E-state index contributed by atoms with van der Waals surface area (Å²) in [6.07, 6.45) is 0. The van der Waals surface area contributed by atoms with Crippen LogP contribution in [0.5, 0.6) is 34.5 Å². The predicted octanol–water partition coefficient (Wildman–Crippen LogP) is 8.74. The third-order valence-corrected chi connectivity index (χ3v) is 12.4. The average molecular weight is 713 g/mol. The minimum atomic E-state index is -4.10. The summed E-state index contributed by atoms with van der Waals surface area (Å²) in [5.74, 6) is 2.02. The highest BCUT2D eigenvalue weighted by Gasteiger charge is 2.40. The number of fused-ring (bicyclic) bond motifs is 4. The van der Waals surface area contributed by atoms with Crippen LogP contribution in [-0.4, -0.2) is 31.1 Å². The van der Waals surface area contributed by atoms with Gasteiger partial charge in [-0.2, -0.15) is 0 Å². The number of ether oxygens (including phenoxy) is 4. The molecule has 0 atom stereocenters. The molecule has 10 heteroatoms. The minimum Gasteiger partial charge on any atom is -0.496 e. The predicted molar refractivity (Wildman–Crippen MR) is 191 cm³/mol. The van der Waals surface area contributed by atoms with Crippen LogP contribution < -0.4 is 18.9 Å². The second kappa shape index (κ2) is 12.4. The van der Waals surface area contributed by atoms with E-state index in [-0.39, 0.29) is 64.8 Å². The number of benzene rings is 6. The first-order valence-corrected chi connectivity index (χ1v) is 18.8. The second-order valence-electron chi connectivity index (χ2n) is 11.6. The van der Waals surface area contributed by atoms with Gasteiger partial charge in [-0.25, -0.2) is 16.8 Å². The highest BCUT2D eigenvalue weighted by molar-refractivity contribution is 7.92. The van der Waals surface area contributed by atoms with Crippen molar-refractivity contribution >= 4 is 30.8 Å². The van der Waals surface area contributed by atoms with Gasteiger partial charge in [-0.05, 0) is 72.8 Å². The van der Waals surface area contributed by atoms with Crippen molar-refractivity contribution in [2.24, 2.45) is 0 Å². The Bertz CT molecular complexity index is 2480. The van der Waals surface area contributed by atoms with Gasteiger partial charge in [0.15, 0.2) is 0 Å². The van der Waals surface area contributed by atoms with E-state index in [0.717, 1.165) is 0 Å². The molecule has 0 fully saturated rings. The molecule has 252 valence electrons. The molecule has 0 saturated carbocycles. The molecule has 0 bridgehead atoms. The van der Waals surface area contributed by atoms with Gasteiger partial charge in [0, 0.05) is 11.1 Å². The molecule has 0 aromatic heterocycles. The number of rotatable bonds is 6. The summed E-state index contributed by atoms with van der Waals surface area (Å²) in [5.41, 5.74) is 5.13. The van der Waals surface area contributed by atoms with Crippen molar-refractivity contribution in [3.63, 3.8) is 0 Å². The van der Waals surface area contributed by atoms with Gasteiger partial charge in [0.2, 0.25) is 19.7 Å². The lowest BCUT2D eigenvalue weighted by Gasteiger charge is -2.27. The first-order valence-electron chi connectivity index (χ1n) is 15.8. The fraction of sp³-hybridized carbons (Fsp3) is 0.0488. The van der Waals surface area contributed by atoms with E-state index in [0.29, 0.717) is 22.6 Å². The Balaban J connectivity index is 1.57. The Labute approximate surface area is 295 Å². The first-order chi connectivity index (χ1) is 24.7. The molecular formula is C41H28O8S2. The molecule has 8 rings (SSSR count). The normalized spacial score (nSPS) is 14.5. The van der Waals surface area contributed by atoms with E-state index in [1.807, 2.05) is 36.4 Å². The summed E-state index contributed by atoms with van der Waals surface area (Å²) in [7, 11) is -5.28. The van der Waals surface area contributed by atoms with Crippen LogP contribution in [0.25, 0.3) is 11.1 Å². The fourth-order valence-electron chi connectivity index (χ4n) is 6.53. The number of hydrogen-bond donors (Lipinski definition) is 0. The van der Waals surface area contributed by atoms with Crippen LogP contribution in [0.15, 0.2) is 159 Å². The van der Waals surface area contributed by atoms with Crippen molar-refractivity contribution in [2.75, 3.05) is 14.2 Å². The highest BCUT2D eigenvalue weighted by atomic mass is 32.2. The van der Waals surface area contributed by atoms with Crippen molar-refractivity contribution in [3.8, 4) is 34.5 Å². The van der Waals surface area contributed by atoms with E-state index in [4.69, 9.17) is 18.9 Å². The number of methoxy groups -OCH3 is 2. The molecule has 0 N–H and O–H groups in total. The van der Waals surface area contributed by atoms with Gasteiger partial charge >= 0.3 is 0 Å². The average Bonchev–Trinajstić information content (AvgIpc) is 3.15. The number of sulfone groups is 2. The molecule has 0 amide bonds. The maximum absolute atomic E-state index is 14.4.